The second-order valence-corrected chi connectivity index (χ2v) is 7.48. The lowest BCUT2D eigenvalue weighted by Crippen LogP contribution is -2.14. The molecule has 0 bridgehead atoms. The summed E-state index contributed by atoms with van der Waals surface area (Å²) < 4.78 is 36.3. The number of nitrogens with zero attached hydrogens (tertiary/aromatic N) is 5. The molecule has 3 aromatic heterocycles. The van der Waals surface area contributed by atoms with Crippen molar-refractivity contribution in [2.24, 2.45) is 7.05 Å². The molecule has 9 nitrogen and oxygen atoms in total. The monoisotopic (exact) mass is 384 g/mol. The first-order valence-corrected chi connectivity index (χ1v) is 9.45. The van der Waals surface area contributed by atoms with Crippen molar-refractivity contribution in [3.63, 3.8) is 0 Å². The Morgan fingerprint density at radius 1 is 1.07 bits per heavy atom. The Labute approximate surface area is 155 Å². The number of pyridine rings is 1. The number of sulfonamides is 1. The predicted octanol–water partition coefficient (Wildman–Crippen LogP) is 1.96. The van der Waals surface area contributed by atoms with Crippen LogP contribution in [0.4, 0.5) is 5.69 Å². The van der Waals surface area contributed by atoms with Crippen LogP contribution in [0.25, 0.3) is 16.7 Å². The second kappa shape index (κ2) is 6.40. The number of nitrogens with one attached hydrogen (secondary N) is 1. The molecule has 1 aromatic carbocycles. The first-order chi connectivity index (χ1) is 13.0. The average molecular weight is 384 g/mol. The summed E-state index contributed by atoms with van der Waals surface area (Å²) in [5.41, 5.74) is 1.16. The maximum Gasteiger partial charge on any atom is 0.263 e. The fraction of sp³-hybridized carbons (Fsp3) is 0.118. The van der Waals surface area contributed by atoms with Gasteiger partial charge in [0, 0.05) is 18.6 Å². The van der Waals surface area contributed by atoms with Gasteiger partial charge in [0.15, 0.2) is 11.6 Å². The van der Waals surface area contributed by atoms with Gasteiger partial charge in [-0.05, 0) is 18.2 Å². The van der Waals surface area contributed by atoms with E-state index < -0.39 is 10.0 Å². The first-order valence-electron chi connectivity index (χ1n) is 7.96. The number of aryl methyl sites for hydroxylation is 1. The van der Waals surface area contributed by atoms with Gasteiger partial charge in [-0.15, -0.1) is 0 Å². The molecule has 0 aliphatic heterocycles. The van der Waals surface area contributed by atoms with Crippen LogP contribution >= 0.6 is 0 Å². The minimum atomic E-state index is -3.81. The summed E-state index contributed by atoms with van der Waals surface area (Å²) in [6.45, 7) is 0. The molecule has 0 atom stereocenters. The molecule has 0 aliphatic carbocycles. The number of para-hydroxylation sites is 1. The number of fused-ring (bicyclic) bond motifs is 1. The number of methoxy groups -OCH3 is 1. The van der Waals surface area contributed by atoms with Gasteiger partial charge < -0.3 is 4.74 Å². The highest BCUT2D eigenvalue weighted by molar-refractivity contribution is 7.92. The molecule has 1 N–H and O–H groups in total. The zero-order chi connectivity index (χ0) is 19.0. The molecule has 138 valence electrons. The summed E-state index contributed by atoms with van der Waals surface area (Å²) >= 11 is 0. The Balaban J connectivity index is 1.64. The normalized spacial score (nSPS) is 11.6. The molecule has 0 aliphatic rings. The number of hydrogen-bond acceptors (Lipinski definition) is 6. The molecule has 0 unspecified atom stereocenters. The van der Waals surface area contributed by atoms with E-state index in [1.807, 2.05) is 6.07 Å². The van der Waals surface area contributed by atoms with Crippen LogP contribution in [0.1, 0.15) is 0 Å². The third kappa shape index (κ3) is 3.10. The molecular weight excluding hydrogens is 368 g/mol. The van der Waals surface area contributed by atoms with E-state index in [0.29, 0.717) is 22.8 Å². The number of anilines is 1. The highest BCUT2D eigenvalue weighted by Gasteiger charge is 2.17. The summed E-state index contributed by atoms with van der Waals surface area (Å²) in [4.78, 5) is 4.23. The number of benzene rings is 1. The fourth-order valence-corrected chi connectivity index (χ4v) is 3.73. The summed E-state index contributed by atoms with van der Waals surface area (Å²) in [5, 5.41) is 9.12. The Morgan fingerprint density at radius 3 is 2.63 bits per heavy atom. The van der Waals surface area contributed by atoms with Crippen LogP contribution in [0.3, 0.4) is 0 Å². The van der Waals surface area contributed by atoms with E-state index >= 15 is 0 Å². The molecule has 0 amide bonds. The predicted molar refractivity (Wildman–Crippen MR) is 99.4 cm³/mol. The molecule has 4 aromatic rings. The smallest absolute Gasteiger partial charge is 0.263 e. The largest absolute Gasteiger partial charge is 0.493 e. The van der Waals surface area contributed by atoms with Crippen molar-refractivity contribution in [3.05, 3.63) is 55.1 Å². The van der Waals surface area contributed by atoms with Crippen molar-refractivity contribution in [1.82, 2.24) is 24.5 Å². The second-order valence-electron chi connectivity index (χ2n) is 5.79. The fourth-order valence-electron chi connectivity index (χ4n) is 2.72. The van der Waals surface area contributed by atoms with Crippen molar-refractivity contribution in [3.8, 4) is 11.6 Å². The molecule has 0 radical (unpaired) electrons. The van der Waals surface area contributed by atoms with Crippen molar-refractivity contribution in [1.29, 1.82) is 0 Å². The van der Waals surface area contributed by atoms with Gasteiger partial charge in [0.2, 0.25) is 0 Å². The van der Waals surface area contributed by atoms with E-state index in [-0.39, 0.29) is 4.90 Å². The van der Waals surface area contributed by atoms with E-state index in [4.69, 9.17) is 4.74 Å². The molecule has 4 rings (SSSR count). The molecule has 0 fully saturated rings. The minimum Gasteiger partial charge on any atom is -0.493 e. The van der Waals surface area contributed by atoms with Gasteiger partial charge in [0.1, 0.15) is 4.90 Å². The summed E-state index contributed by atoms with van der Waals surface area (Å²) in [6, 6.07) is 8.39. The molecule has 0 saturated heterocycles. The number of aromatic nitrogens is 5. The van der Waals surface area contributed by atoms with E-state index in [9.17, 15) is 8.42 Å². The maximum atomic E-state index is 12.8. The average Bonchev–Trinajstić information content (AvgIpc) is 3.29. The summed E-state index contributed by atoms with van der Waals surface area (Å²) in [6.07, 6.45) is 6.16. The highest BCUT2D eigenvalue weighted by atomic mass is 32.2. The van der Waals surface area contributed by atoms with Gasteiger partial charge in [0.25, 0.3) is 10.0 Å². The van der Waals surface area contributed by atoms with E-state index in [0.717, 1.165) is 5.39 Å². The number of ether oxygens (including phenoxy) is 1. The zero-order valence-corrected chi connectivity index (χ0v) is 15.4. The van der Waals surface area contributed by atoms with Gasteiger partial charge in [-0.3, -0.25) is 9.40 Å². The Hall–Kier alpha value is -3.40. The standard InChI is InChI=1S/C17H16N6O3S/c1-22-17-12(8-19-22)4-3-5-15(17)21-27(24,25)14-6-7-16(18-10-14)23-11-13(26-2)9-20-23/h3-11,21H,1-2H3. The highest BCUT2D eigenvalue weighted by Crippen LogP contribution is 2.25. The molecule has 3 heterocycles. The molecular formula is C17H16N6O3S. The van der Waals surface area contributed by atoms with Crippen molar-refractivity contribution >= 4 is 26.6 Å². The van der Waals surface area contributed by atoms with Crippen LogP contribution in [-0.2, 0) is 17.1 Å². The van der Waals surface area contributed by atoms with Crippen molar-refractivity contribution < 1.29 is 13.2 Å². The minimum absolute atomic E-state index is 0.0459. The molecule has 10 heteroatoms. The topological polar surface area (TPSA) is 104 Å². The zero-order valence-electron chi connectivity index (χ0n) is 14.6. The lowest BCUT2D eigenvalue weighted by atomic mass is 10.2. The number of rotatable bonds is 5. The van der Waals surface area contributed by atoms with Gasteiger partial charge in [0.05, 0.1) is 36.9 Å². The van der Waals surface area contributed by atoms with Crippen LogP contribution in [0, 0.1) is 0 Å². The first kappa shape index (κ1) is 17.0. The van der Waals surface area contributed by atoms with Gasteiger partial charge in [-0.2, -0.15) is 10.2 Å². The Kier molecular flexibility index (Phi) is 4.04. The van der Waals surface area contributed by atoms with Crippen LogP contribution in [0.2, 0.25) is 0 Å². The van der Waals surface area contributed by atoms with Crippen LogP contribution in [0.15, 0.2) is 60.0 Å². The summed E-state index contributed by atoms with van der Waals surface area (Å²) in [5.74, 6) is 1.06. The molecule has 27 heavy (non-hydrogen) atoms. The van der Waals surface area contributed by atoms with Gasteiger partial charge >= 0.3 is 0 Å². The Bertz CT molecular complexity index is 1210. The molecule has 0 saturated carbocycles. The van der Waals surface area contributed by atoms with Crippen LogP contribution in [-0.4, -0.2) is 40.1 Å². The lowest BCUT2D eigenvalue weighted by molar-refractivity contribution is 0.414. The third-order valence-electron chi connectivity index (χ3n) is 4.07. The SMILES string of the molecule is COc1cnn(-c2ccc(S(=O)(=O)Nc3cccc4cnn(C)c34)cn2)c1. The van der Waals surface area contributed by atoms with Crippen LogP contribution in [0.5, 0.6) is 5.75 Å². The molecule has 0 spiro atoms. The van der Waals surface area contributed by atoms with E-state index in [2.05, 4.69) is 19.9 Å². The maximum absolute atomic E-state index is 12.8. The van der Waals surface area contributed by atoms with Crippen molar-refractivity contribution in [2.45, 2.75) is 4.90 Å². The number of hydrogen-bond donors (Lipinski definition) is 1. The van der Waals surface area contributed by atoms with Crippen LogP contribution < -0.4 is 9.46 Å². The third-order valence-corrected chi connectivity index (χ3v) is 5.42. The lowest BCUT2D eigenvalue weighted by Gasteiger charge is -2.10. The van der Waals surface area contributed by atoms with E-state index in [1.165, 1.54) is 16.9 Å². The Morgan fingerprint density at radius 2 is 1.93 bits per heavy atom. The van der Waals surface area contributed by atoms with E-state index in [1.54, 1.807) is 55.6 Å². The van der Waals surface area contributed by atoms with Gasteiger partial charge in [-0.25, -0.2) is 18.1 Å². The van der Waals surface area contributed by atoms with Gasteiger partial charge in [-0.1, -0.05) is 12.1 Å². The quantitative estimate of drug-likeness (QED) is 0.564. The van der Waals surface area contributed by atoms with Crippen molar-refractivity contribution in [2.75, 3.05) is 11.8 Å². The summed E-state index contributed by atoms with van der Waals surface area (Å²) in [7, 11) is -0.506.